The summed E-state index contributed by atoms with van der Waals surface area (Å²) in [6.07, 6.45) is 0. The molecular formula is C20H24ClN4O4P. The number of nitrogens with zero attached hydrogens (tertiary/aromatic N) is 2. The third-order valence-corrected chi connectivity index (χ3v) is 7.05. The van der Waals surface area contributed by atoms with Crippen molar-refractivity contribution in [1.82, 2.24) is 20.6 Å². The zero-order valence-electron chi connectivity index (χ0n) is 17.0. The molecule has 10 heteroatoms. The normalized spacial score (nSPS) is 12.8. The monoisotopic (exact) mass is 450 g/mol. The molecule has 1 aromatic heterocycles. The van der Waals surface area contributed by atoms with Gasteiger partial charge in [0.1, 0.15) is 0 Å². The van der Waals surface area contributed by atoms with Gasteiger partial charge in [-0.05, 0) is 26.0 Å². The van der Waals surface area contributed by atoms with Gasteiger partial charge in [-0.15, -0.1) is 0 Å². The van der Waals surface area contributed by atoms with Gasteiger partial charge in [0.15, 0.2) is 11.5 Å². The van der Waals surface area contributed by atoms with Crippen LogP contribution >= 0.6 is 19.2 Å². The molecule has 0 saturated heterocycles. The second-order valence-electron chi connectivity index (χ2n) is 6.39. The Morgan fingerprint density at radius 2 is 1.77 bits per heavy atom. The number of carbonyl (C=O) groups is 1. The molecule has 3 aromatic rings. The van der Waals surface area contributed by atoms with Crippen LogP contribution in [0.15, 0.2) is 48.5 Å². The topological polar surface area (TPSA) is 94.5 Å². The first-order valence-corrected chi connectivity index (χ1v) is 11.5. The Hall–Kier alpha value is -2.22. The van der Waals surface area contributed by atoms with E-state index in [1.165, 1.54) is 0 Å². The Morgan fingerprint density at radius 1 is 1.13 bits per heavy atom. The van der Waals surface area contributed by atoms with Gasteiger partial charge in [-0.1, -0.05) is 48.0 Å². The fourth-order valence-electron chi connectivity index (χ4n) is 3.14. The van der Waals surface area contributed by atoms with Gasteiger partial charge in [0.2, 0.25) is 0 Å². The van der Waals surface area contributed by atoms with E-state index in [4.69, 9.17) is 20.6 Å². The summed E-state index contributed by atoms with van der Waals surface area (Å²) in [6.45, 7) is 3.76. The van der Waals surface area contributed by atoms with Crippen LogP contribution in [-0.4, -0.2) is 28.9 Å². The molecule has 1 amide bonds. The molecule has 0 radical (unpaired) electrons. The van der Waals surface area contributed by atoms with E-state index in [9.17, 15) is 9.36 Å². The molecule has 160 valence electrons. The molecular weight excluding hydrogens is 427 g/mol. The van der Waals surface area contributed by atoms with Crippen molar-refractivity contribution in [3.05, 3.63) is 64.8 Å². The Balaban J connectivity index is 1.92. The van der Waals surface area contributed by atoms with Gasteiger partial charge in [0, 0.05) is 23.0 Å². The number of hydrogen-bond donors (Lipinski definition) is 2. The van der Waals surface area contributed by atoms with Gasteiger partial charge < -0.3 is 9.05 Å². The molecule has 0 spiro atoms. The minimum absolute atomic E-state index is 0.165. The summed E-state index contributed by atoms with van der Waals surface area (Å²) < 4.78 is 26.1. The fraction of sp³-hybridized carbons (Fsp3) is 0.300. The largest absolute Gasteiger partial charge is 0.353 e. The number of nitrogens with one attached hydrogen (secondary N) is 2. The van der Waals surface area contributed by atoms with E-state index in [1.54, 1.807) is 49.8 Å². The van der Waals surface area contributed by atoms with E-state index >= 15 is 0 Å². The second-order valence-corrected chi connectivity index (χ2v) is 8.91. The van der Waals surface area contributed by atoms with E-state index in [-0.39, 0.29) is 18.9 Å². The molecule has 1 unspecified atom stereocenters. The number of amides is 1. The highest BCUT2D eigenvalue weighted by Gasteiger charge is 2.38. The van der Waals surface area contributed by atoms with E-state index in [0.29, 0.717) is 16.0 Å². The maximum Gasteiger partial charge on any atom is 0.353 e. The van der Waals surface area contributed by atoms with Crippen LogP contribution < -0.4 is 10.9 Å². The molecule has 0 aliphatic carbocycles. The maximum atomic E-state index is 13.5. The lowest BCUT2D eigenvalue weighted by Gasteiger charge is -2.28. The Kier molecular flexibility index (Phi) is 7.28. The molecule has 3 rings (SSSR count). The molecule has 8 nitrogen and oxygen atoms in total. The average Bonchev–Trinajstić information content (AvgIpc) is 3.07. The van der Waals surface area contributed by atoms with Crippen molar-refractivity contribution in [2.75, 3.05) is 13.2 Å². The van der Waals surface area contributed by atoms with Gasteiger partial charge in [-0.2, -0.15) is 5.10 Å². The first kappa shape index (κ1) is 22.5. The lowest BCUT2D eigenvalue weighted by Crippen LogP contribution is -2.40. The first-order valence-electron chi connectivity index (χ1n) is 9.52. The third kappa shape index (κ3) is 4.58. The summed E-state index contributed by atoms with van der Waals surface area (Å²) in [5.74, 6) is -1.49. The number of benzene rings is 2. The molecule has 0 saturated carbocycles. The minimum atomic E-state index is -3.70. The average molecular weight is 451 g/mol. The zero-order valence-corrected chi connectivity index (χ0v) is 18.6. The number of aryl methyl sites for hydroxylation is 1. The van der Waals surface area contributed by atoms with E-state index < -0.39 is 19.3 Å². The zero-order chi connectivity index (χ0) is 21.7. The molecule has 0 fully saturated rings. The predicted molar refractivity (Wildman–Crippen MR) is 116 cm³/mol. The summed E-state index contributed by atoms with van der Waals surface area (Å²) in [4.78, 5) is 12.9. The van der Waals surface area contributed by atoms with Gasteiger partial charge in [-0.3, -0.25) is 19.5 Å². The second kappa shape index (κ2) is 9.73. The van der Waals surface area contributed by atoms with E-state index in [2.05, 4.69) is 16.0 Å². The van der Waals surface area contributed by atoms with Gasteiger partial charge in [-0.25, -0.2) is 5.43 Å². The lowest BCUT2D eigenvalue weighted by atomic mass is 10.2. The van der Waals surface area contributed by atoms with Crippen molar-refractivity contribution >= 4 is 36.0 Å². The molecule has 0 bridgehead atoms. The lowest BCUT2D eigenvalue weighted by molar-refractivity contribution is 0.0923. The van der Waals surface area contributed by atoms with E-state index in [1.807, 2.05) is 24.3 Å². The summed E-state index contributed by atoms with van der Waals surface area (Å²) in [5.41, 5.74) is 6.95. The number of aromatic nitrogens is 2. The van der Waals surface area contributed by atoms with Crippen molar-refractivity contribution in [3.63, 3.8) is 0 Å². The summed E-state index contributed by atoms with van der Waals surface area (Å²) >= 11 is 6.34. The van der Waals surface area contributed by atoms with Crippen molar-refractivity contribution in [2.24, 2.45) is 7.05 Å². The Morgan fingerprint density at radius 3 is 2.43 bits per heavy atom. The van der Waals surface area contributed by atoms with Crippen molar-refractivity contribution in [3.8, 4) is 0 Å². The predicted octanol–water partition coefficient (Wildman–Crippen LogP) is 4.43. The number of hydrogen-bond acceptors (Lipinski definition) is 6. The molecule has 1 atom stereocenters. The van der Waals surface area contributed by atoms with Gasteiger partial charge >= 0.3 is 7.60 Å². The van der Waals surface area contributed by atoms with Crippen molar-refractivity contribution < 1.29 is 18.4 Å². The van der Waals surface area contributed by atoms with Gasteiger partial charge in [0.05, 0.1) is 18.7 Å². The highest BCUT2D eigenvalue weighted by atomic mass is 35.5. The maximum absolute atomic E-state index is 13.5. The number of hydrazine groups is 1. The number of para-hydroxylation sites is 1. The molecule has 1 heterocycles. The highest BCUT2D eigenvalue weighted by Crippen LogP contribution is 2.60. The summed E-state index contributed by atoms with van der Waals surface area (Å²) in [7, 11) is -1.94. The van der Waals surface area contributed by atoms with Crippen LogP contribution in [0.2, 0.25) is 5.02 Å². The number of halogens is 1. The van der Waals surface area contributed by atoms with Crippen LogP contribution in [-0.2, 0) is 20.7 Å². The highest BCUT2D eigenvalue weighted by molar-refractivity contribution is 7.54. The molecule has 30 heavy (non-hydrogen) atoms. The smallest absolute Gasteiger partial charge is 0.307 e. The third-order valence-electron chi connectivity index (χ3n) is 4.43. The molecule has 0 aliphatic rings. The number of rotatable bonds is 9. The van der Waals surface area contributed by atoms with Crippen LogP contribution in [0.5, 0.6) is 0 Å². The standard InChI is InChI=1S/C20H24ClN4O4P/c1-4-28-30(27,29-5-2)20(14-10-6-8-12-16(14)21)23-22-19(26)18-15-11-7-9-13-17(15)25(3)24-18/h6-13,20,23H,4-5H2,1-3H3,(H,22,26). The van der Waals surface area contributed by atoms with E-state index in [0.717, 1.165) is 5.52 Å². The number of carbonyl (C=O) groups excluding carboxylic acids is 1. The molecule has 2 aromatic carbocycles. The van der Waals surface area contributed by atoms with Crippen LogP contribution in [0, 0.1) is 0 Å². The summed E-state index contributed by atoms with van der Waals surface area (Å²) in [5, 5.41) is 5.37. The van der Waals surface area contributed by atoms with Crippen LogP contribution in [0.1, 0.15) is 35.7 Å². The van der Waals surface area contributed by atoms with Gasteiger partial charge in [0.25, 0.3) is 5.91 Å². The Labute approximate surface area is 180 Å². The van der Waals surface area contributed by atoms with Crippen molar-refractivity contribution in [2.45, 2.75) is 19.6 Å². The minimum Gasteiger partial charge on any atom is -0.307 e. The Bertz CT molecular complexity index is 1080. The SMILES string of the molecule is CCOP(=O)(OCC)C(NNC(=O)c1nn(C)c2ccccc12)c1ccccc1Cl. The number of fused-ring (bicyclic) bond motifs is 1. The summed E-state index contributed by atoms with van der Waals surface area (Å²) in [6, 6.07) is 14.3. The first-order chi connectivity index (χ1) is 14.4. The van der Waals surface area contributed by atoms with Crippen LogP contribution in [0.3, 0.4) is 0 Å². The quantitative estimate of drug-likeness (QED) is 0.370. The van der Waals surface area contributed by atoms with Crippen LogP contribution in [0.4, 0.5) is 0 Å². The molecule has 0 aliphatic heterocycles. The molecule has 2 N–H and O–H groups in total. The fourth-order valence-corrected chi connectivity index (χ4v) is 5.35. The van der Waals surface area contributed by atoms with Crippen molar-refractivity contribution in [1.29, 1.82) is 0 Å². The van der Waals surface area contributed by atoms with Crippen LogP contribution in [0.25, 0.3) is 10.9 Å².